The summed E-state index contributed by atoms with van der Waals surface area (Å²) in [4.78, 5) is 27.5. The maximum Gasteiger partial charge on any atom is 0.227 e. The normalized spacial score (nSPS) is 24.4. The van der Waals surface area contributed by atoms with Crippen LogP contribution in [0.4, 0.5) is 0 Å². The third-order valence-electron chi connectivity index (χ3n) is 4.52. The molecule has 2 aliphatic heterocycles. The molecule has 0 bridgehead atoms. The van der Waals surface area contributed by atoms with E-state index in [0.717, 1.165) is 19.4 Å². The summed E-state index contributed by atoms with van der Waals surface area (Å²) in [5, 5.41) is 0. The van der Waals surface area contributed by atoms with Gasteiger partial charge in [-0.3, -0.25) is 9.59 Å². The lowest BCUT2D eigenvalue weighted by Crippen LogP contribution is -2.54. The first-order valence-electron chi connectivity index (χ1n) is 7.87. The molecule has 1 unspecified atom stereocenters. The summed E-state index contributed by atoms with van der Waals surface area (Å²) in [6.07, 6.45) is 1.65. The van der Waals surface area contributed by atoms with Crippen molar-refractivity contribution in [3.63, 3.8) is 0 Å². The standard InChI is InChI=1S/C14H25N3O4S/c1-3-22(20,21)17-9-7-15(8-10-17)14(19)13-5-4-6-16(11-13)12(2)18/h13H,3-11H2,1-2H3. The summed E-state index contributed by atoms with van der Waals surface area (Å²) in [6, 6.07) is 0. The monoisotopic (exact) mass is 331 g/mol. The van der Waals surface area contributed by atoms with E-state index in [2.05, 4.69) is 0 Å². The molecule has 8 heteroatoms. The third kappa shape index (κ3) is 3.78. The maximum atomic E-state index is 12.6. The molecule has 0 aliphatic carbocycles. The van der Waals surface area contributed by atoms with Gasteiger partial charge in [0.25, 0.3) is 0 Å². The molecule has 2 heterocycles. The van der Waals surface area contributed by atoms with Crippen molar-refractivity contribution in [3.05, 3.63) is 0 Å². The van der Waals surface area contributed by atoms with Gasteiger partial charge in [-0.1, -0.05) is 0 Å². The summed E-state index contributed by atoms with van der Waals surface area (Å²) >= 11 is 0. The second-order valence-electron chi connectivity index (χ2n) is 5.93. The number of sulfonamides is 1. The smallest absolute Gasteiger partial charge is 0.227 e. The molecule has 2 fully saturated rings. The van der Waals surface area contributed by atoms with Gasteiger partial charge < -0.3 is 9.80 Å². The molecule has 0 saturated carbocycles. The molecule has 2 saturated heterocycles. The third-order valence-corrected chi connectivity index (χ3v) is 6.41. The Morgan fingerprint density at radius 1 is 1.05 bits per heavy atom. The van der Waals surface area contributed by atoms with Gasteiger partial charge >= 0.3 is 0 Å². The number of likely N-dealkylation sites (tertiary alicyclic amines) is 1. The minimum absolute atomic E-state index is 0.0105. The second kappa shape index (κ2) is 6.95. The summed E-state index contributed by atoms with van der Waals surface area (Å²) in [6.45, 7) is 5.98. The minimum atomic E-state index is -3.17. The maximum absolute atomic E-state index is 12.6. The Balaban J connectivity index is 1.91. The number of piperidine rings is 1. The lowest BCUT2D eigenvalue weighted by Gasteiger charge is -2.38. The van der Waals surface area contributed by atoms with Crippen molar-refractivity contribution < 1.29 is 18.0 Å². The number of hydrogen-bond acceptors (Lipinski definition) is 4. The van der Waals surface area contributed by atoms with Crippen molar-refractivity contribution in [2.24, 2.45) is 5.92 Å². The largest absolute Gasteiger partial charge is 0.342 e. The first-order chi connectivity index (χ1) is 10.3. The van der Waals surface area contributed by atoms with Gasteiger partial charge in [-0.25, -0.2) is 8.42 Å². The van der Waals surface area contributed by atoms with E-state index in [1.807, 2.05) is 0 Å². The Kier molecular flexibility index (Phi) is 5.44. The van der Waals surface area contributed by atoms with E-state index in [0.29, 0.717) is 32.7 Å². The van der Waals surface area contributed by atoms with Crippen LogP contribution in [-0.2, 0) is 19.6 Å². The zero-order valence-corrected chi connectivity index (χ0v) is 14.1. The summed E-state index contributed by atoms with van der Waals surface area (Å²) < 4.78 is 25.1. The van der Waals surface area contributed by atoms with E-state index in [-0.39, 0.29) is 23.5 Å². The number of hydrogen-bond donors (Lipinski definition) is 0. The van der Waals surface area contributed by atoms with Crippen LogP contribution in [0.25, 0.3) is 0 Å². The van der Waals surface area contributed by atoms with Gasteiger partial charge in [0.05, 0.1) is 11.7 Å². The Hall–Kier alpha value is -1.15. The fourth-order valence-corrected chi connectivity index (χ4v) is 4.18. The van der Waals surface area contributed by atoms with Crippen LogP contribution in [0, 0.1) is 5.92 Å². The number of nitrogens with zero attached hydrogens (tertiary/aromatic N) is 3. The van der Waals surface area contributed by atoms with E-state index in [4.69, 9.17) is 0 Å². The topological polar surface area (TPSA) is 78.0 Å². The van der Waals surface area contributed by atoms with Crippen molar-refractivity contribution in [3.8, 4) is 0 Å². The van der Waals surface area contributed by atoms with Gasteiger partial charge in [-0.2, -0.15) is 4.31 Å². The van der Waals surface area contributed by atoms with Gasteiger partial charge in [0.2, 0.25) is 21.8 Å². The summed E-state index contributed by atoms with van der Waals surface area (Å²) in [5.74, 6) is 0.0137. The molecule has 0 aromatic carbocycles. The molecule has 2 rings (SSSR count). The van der Waals surface area contributed by atoms with E-state index < -0.39 is 10.0 Å². The van der Waals surface area contributed by atoms with Crippen LogP contribution >= 0.6 is 0 Å². The van der Waals surface area contributed by atoms with Crippen LogP contribution in [0.1, 0.15) is 26.7 Å². The summed E-state index contributed by atoms with van der Waals surface area (Å²) in [5.41, 5.74) is 0. The van der Waals surface area contributed by atoms with E-state index >= 15 is 0 Å². The zero-order valence-electron chi connectivity index (χ0n) is 13.3. The fourth-order valence-electron chi connectivity index (χ4n) is 3.09. The van der Waals surface area contributed by atoms with Crippen LogP contribution in [-0.4, -0.2) is 79.4 Å². The van der Waals surface area contributed by atoms with Crippen molar-refractivity contribution in [1.29, 1.82) is 0 Å². The number of amides is 2. The van der Waals surface area contributed by atoms with Crippen molar-refractivity contribution in [1.82, 2.24) is 14.1 Å². The SMILES string of the molecule is CCS(=O)(=O)N1CCN(C(=O)C2CCCN(C(C)=O)C2)CC1. The Morgan fingerprint density at radius 3 is 2.23 bits per heavy atom. The molecular formula is C14H25N3O4S. The van der Waals surface area contributed by atoms with Gasteiger partial charge in [-0.05, 0) is 19.8 Å². The molecule has 126 valence electrons. The van der Waals surface area contributed by atoms with Crippen molar-refractivity contribution in [2.75, 3.05) is 45.0 Å². The molecular weight excluding hydrogens is 306 g/mol. The van der Waals surface area contributed by atoms with Crippen molar-refractivity contribution in [2.45, 2.75) is 26.7 Å². The minimum Gasteiger partial charge on any atom is -0.342 e. The molecule has 7 nitrogen and oxygen atoms in total. The predicted octanol–water partition coefficient (Wildman–Crippen LogP) is -0.261. The highest BCUT2D eigenvalue weighted by atomic mass is 32.2. The zero-order chi connectivity index (χ0) is 16.3. The average Bonchev–Trinajstić information content (AvgIpc) is 2.54. The van der Waals surface area contributed by atoms with Crippen molar-refractivity contribution >= 4 is 21.8 Å². The van der Waals surface area contributed by atoms with Crippen LogP contribution in [0.3, 0.4) is 0 Å². The van der Waals surface area contributed by atoms with E-state index in [9.17, 15) is 18.0 Å². The molecule has 0 spiro atoms. The molecule has 22 heavy (non-hydrogen) atoms. The highest BCUT2D eigenvalue weighted by molar-refractivity contribution is 7.89. The molecule has 0 N–H and O–H groups in total. The Labute approximate surface area is 132 Å². The molecule has 1 atom stereocenters. The number of piperazine rings is 1. The Bertz CT molecular complexity index is 526. The number of carbonyl (C=O) groups is 2. The lowest BCUT2D eigenvalue weighted by atomic mass is 9.96. The van der Waals surface area contributed by atoms with Gasteiger partial charge in [0, 0.05) is 46.2 Å². The highest BCUT2D eigenvalue weighted by Gasteiger charge is 2.33. The van der Waals surface area contributed by atoms with E-state index in [1.165, 1.54) is 11.2 Å². The van der Waals surface area contributed by atoms with Crippen LogP contribution < -0.4 is 0 Å². The highest BCUT2D eigenvalue weighted by Crippen LogP contribution is 2.20. The Morgan fingerprint density at radius 2 is 1.68 bits per heavy atom. The van der Waals surface area contributed by atoms with Gasteiger partial charge in [-0.15, -0.1) is 0 Å². The second-order valence-corrected chi connectivity index (χ2v) is 8.19. The first kappa shape index (κ1) is 17.2. The van der Waals surface area contributed by atoms with Crippen LogP contribution in [0.2, 0.25) is 0 Å². The summed E-state index contributed by atoms with van der Waals surface area (Å²) in [7, 11) is -3.17. The van der Waals surface area contributed by atoms with E-state index in [1.54, 1.807) is 16.7 Å². The number of carbonyl (C=O) groups excluding carboxylic acids is 2. The van der Waals surface area contributed by atoms with Gasteiger partial charge in [0.15, 0.2) is 0 Å². The van der Waals surface area contributed by atoms with Crippen LogP contribution in [0.5, 0.6) is 0 Å². The average molecular weight is 331 g/mol. The predicted molar refractivity (Wildman–Crippen MR) is 82.6 cm³/mol. The first-order valence-corrected chi connectivity index (χ1v) is 9.48. The molecule has 2 amide bonds. The number of rotatable bonds is 3. The lowest BCUT2D eigenvalue weighted by molar-refractivity contribution is -0.141. The fraction of sp³-hybridized carbons (Fsp3) is 0.857. The molecule has 0 aromatic rings. The quantitative estimate of drug-likeness (QED) is 0.714. The molecule has 2 aliphatic rings. The molecule has 0 radical (unpaired) electrons. The molecule has 0 aromatic heterocycles. The van der Waals surface area contributed by atoms with Crippen LogP contribution in [0.15, 0.2) is 0 Å². The van der Waals surface area contributed by atoms with Gasteiger partial charge in [0.1, 0.15) is 0 Å².